The van der Waals surface area contributed by atoms with Crippen molar-refractivity contribution in [2.24, 2.45) is 5.92 Å². The number of carbonyl (C=O) groups excluding carboxylic acids is 2. The molecule has 198 valence electrons. The Kier molecular flexibility index (Phi) is 7.65. The fraction of sp³-hybridized carbons (Fsp3) is 0.500. The molecule has 0 saturated carbocycles. The Morgan fingerprint density at radius 3 is 2.30 bits per heavy atom. The number of methoxy groups -OCH3 is 1. The minimum Gasteiger partial charge on any atom is -0.383 e. The van der Waals surface area contributed by atoms with Gasteiger partial charge in [-0.05, 0) is 67.4 Å². The van der Waals surface area contributed by atoms with Crippen LogP contribution >= 0.6 is 0 Å². The van der Waals surface area contributed by atoms with Gasteiger partial charge >= 0.3 is 0 Å². The highest BCUT2D eigenvalue weighted by Gasteiger charge is 2.41. The number of hydrogen-bond acceptors (Lipinski definition) is 6. The number of likely N-dealkylation sites (tertiary alicyclic amines) is 1. The van der Waals surface area contributed by atoms with Gasteiger partial charge in [0.15, 0.2) is 9.84 Å². The van der Waals surface area contributed by atoms with Crippen LogP contribution in [0.2, 0.25) is 0 Å². The number of benzene rings is 2. The van der Waals surface area contributed by atoms with Crippen LogP contribution in [-0.2, 0) is 43.5 Å². The molecule has 0 unspecified atom stereocenters. The van der Waals surface area contributed by atoms with Crippen molar-refractivity contribution in [1.29, 1.82) is 0 Å². The number of nitrogens with zero attached hydrogens (tertiary/aromatic N) is 2. The normalized spacial score (nSPS) is 21.8. The van der Waals surface area contributed by atoms with E-state index in [4.69, 9.17) is 4.74 Å². The molecule has 1 atom stereocenters. The van der Waals surface area contributed by atoms with Crippen LogP contribution in [0, 0.1) is 5.92 Å². The van der Waals surface area contributed by atoms with Crippen LogP contribution in [0.1, 0.15) is 29.5 Å². The summed E-state index contributed by atoms with van der Waals surface area (Å²) in [5.41, 5.74) is 3.01. The van der Waals surface area contributed by atoms with E-state index in [9.17, 15) is 18.0 Å². The zero-order valence-corrected chi connectivity index (χ0v) is 22.1. The Bertz CT molecular complexity index is 1230. The quantitative estimate of drug-likeness (QED) is 0.565. The van der Waals surface area contributed by atoms with Crippen molar-refractivity contribution in [2.45, 2.75) is 48.4 Å². The van der Waals surface area contributed by atoms with Gasteiger partial charge in [-0.3, -0.25) is 9.59 Å². The zero-order chi connectivity index (χ0) is 26.0. The van der Waals surface area contributed by atoms with E-state index in [1.165, 1.54) is 16.0 Å². The number of amides is 2. The van der Waals surface area contributed by atoms with E-state index in [1.54, 1.807) is 31.4 Å². The van der Waals surface area contributed by atoms with Crippen LogP contribution < -0.4 is 5.32 Å². The Morgan fingerprint density at radius 2 is 1.62 bits per heavy atom. The summed E-state index contributed by atoms with van der Waals surface area (Å²) in [4.78, 5) is 30.2. The third kappa shape index (κ3) is 5.44. The standard InChI is InChI=1S/C28H35N3O5S/c1-36-15-14-30-12-10-24(11-13-30)37(34,35)25-9-5-4-8-22(25)18-31-19-26(32)29-27(28(31)33)23-16-20-6-2-3-7-21(20)17-23/h2-9,23-24,27H,10-19H2,1H3,(H,29,32)/t27-/m1/s1. The predicted molar refractivity (Wildman–Crippen MR) is 140 cm³/mol. The van der Waals surface area contributed by atoms with Gasteiger partial charge in [0.25, 0.3) is 0 Å². The first-order valence-corrected chi connectivity index (χ1v) is 14.6. The number of hydrogen-bond donors (Lipinski definition) is 1. The number of nitrogens with one attached hydrogen (secondary N) is 1. The van der Waals surface area contributed by atoms with E-state index in [-0.39, 0.29) is 35.7 Å². The Balaban J connectivity index is 1.31. The first-order chi connectivity index (χ1) is 17.9. The molecule has 2 saturated heterocycles. The van der Waals surface area contributed by atoms with Crippen LogP contribution in [0.15, 0.2) is 53.4 Å². The van der Waals surface area contributed by atoms with Gasteiger partial charge in [0.2, 0.25) is 11.8 Å². The van der Waals surface area contributed by atoms with Crippen molar-refractivity contribution in [3.63, 3.8) is 0 Å². The lowest BCUT2D eigenvalue weighted by molar-refractivity contribution is -0.146. The third-order valence-corrected chi connectivity index (χ3v) is 10.4. The average molecular weight is 526 g/mol. The first kappa shape index (κ1) is 25.9. The number of fused-ring (bicyclic) bond motifs is 1. The lowest BCUT2D eigenvalue weighted by Gasteiger charge is -2.36. The van der Waals surface area contributed by atoms with Gasteiger partial charge in [-0.25, -0.2) is 8.42 Å². The van der Waals surface area contributed by atoms with Crippen LogP contribution in [0.3, 0.4) is 0 Å². The van der Waals surface area contributed by atoms with E-state index in [0.29, 0.717) is 38.1 Å². The molecule has 1 N–H and O–H groups in total. The molecule has 0 bridgehead atoms. The van der Waals surface area contributed by atoms with Gasteiger partial charge in [0, 0.05) is 20.2 Å². The second kappa shape index (κ2) is 10.9. The Labute approximate surface area is 218 Å². The third-order valence-electron chi connectivity index (χ3n) is 8.01. The molecule has 2 heterocycles. The number of piperazine rings is 1. The van der Waals surface area contributed by atoms with Crippen molar-refractivity contribution in [3.8, 4) is 0 Å². The highest BCUT2D eigenvalue weighted by atomic mass is 32.2. The maximum atomic E-state index is 13.7. The number of carbonyl (C=O) groups is 2. The van der Waals surface area contributed by atoms with E-state index in [2.05, 4.69) is 22.3 Å². The number of sulfone groups is 1. The van der Waals surface area contributed by atoms with Gasteiger partial charge in [0.05, 0.1) is 23.3 Å². The van der Waals surface area contributed by atoms with E-state index in [1.807, 2.05) is 12.1 Å². The monoisotopic (exact) mass is 525 g/mol. The number of rotatable bonds is 8. The van der Waals surface area contributed by atoms with E-state index >= 15 is 0 Å². The Hall–Kier alpha value is -2.75. The fourth-order valence-corrected chi connectivity index (χ4v) is 7.93. The van der Waals surface area contributed by atoms with E-state index < -0.39 is 21.1 Å². The van der Waals surface area contributed by atoms with Gasteiger partial charge in [-0.1, -0.05) is 42.5 Å². The SMILES string of the molecule is COCCN1CCC(S(=O)(=O)c2ccccc2CN2CC(=O)N[C@H](C3Cc4ccccc4C3)C2=O)CC1. The van der Waals surface area contributed by atoms with Crippen molar-refractivity contribution in [3.05, 3.63) is 65.2 Å². The molecular formula is C28H35N3O5S. The maximum absolute atomic E-state index is 13.7. The Morgan fingerprint density at radius 1 is 0.973 bits per heavy atom. The summed E-state index contributed by atoms with van der Waals surface area (Å²) in [7, 11) is -1.91. The maximum Gasteiger partial charge on any atom is 0.246 e. The largest absolute Gasteiger partial charge is 0.383 e. The molecule has 0 aromatic heterocycles. The molecule has 9 heteroatoms. The molecule has 2 aromatic rings. The molecule has 2 aliphatic heterocycles. The van der Waals surface area contributed by atoms with Gasteiger partial charge in [0.1, 0.15) is 6.04 Å². The van der Waals surface area contributed by atoms with Crippen LogP contribution in [0.25, 0.3) is 0 Å². The zero-order valence-electron chi connectivity index (χ0n) is 21.3. The second-order valence-corrected chi connectivity index (χ2v) is 12.6. The summed E-state index contributed by atoms with van der Waals surface area (Å²) in [5, 5.41) is 2.45. The smallest absolute Gasteiger partial charge is 0.246 e. The highest BCUT2D eigenvalue weighted by molar-refractivity contribution is 7.92. The minimum atomic E-state index is -3.58. The summed E-state index contributed by atoms with van der Waals surface area (Å²) < 4.78 is 32.5. The summed E-state index contributed by atoms with van der Waals surface area (Å²) in [5.74, 6) is -0.348. The van der Waals surface area contributed by atoms with Crippen LogP contribution in [0.4, 0.5) is 0 Å². The van der Waals surface area contributed by atoms with Crippen molar-refractivity contribution in [1.82, 2.24) is 15.1 Å². The summed E-state index contributed by atoms with van der Waals surface area (Å²) in [6.45, 7) is 2.89. The van der Waals surface area contributed by atoms with Gasteiger partial charge in [-0.2, -0.15) is 0 Å². The predicted octanol–water partition coefficient (Wildman–Crippen LogP) is 1.81. The number of piperidine rings is 1. The summed E-state index contributed by atoms with van der Waals surface area (Å²) >= 11 is 0. The van der Waals surface area contributed by atoms with Crippen molar-refractivity contribution >= 4 is 21.7 Å². The molecule has 2 fully saturated rings. The second-order valence-electron chi connectivity index (χ2n) is 10.4. The van der Waals surface area contributed by atoms with Gasteiger partial charge < -0.3 is 19.9 Å². The molecule has 3 aliphatic rings. The van der Waals surface area contributed by atoms with Crippen LogP contribution in [0.5, 0.6) is 0 Å². The molecule has 37 heavy (non-hydrogen) atoms. The molecule has 0 radical (unpaired) electrons. The van der Waals surface area contributed by atoms with E-state index in [0.717, 1.165) is 19.4 Å². The van der Waals surface area contributed by atoms with Crippen LogP contribution in [-0.4, -0.2) is 81.2 Å². The molecule has 8 nitrogen and oxygen atoms in total. The van der Waals surface area contributed by atoms with Crippen molar-refractivity contribution < 1.29 is 22.7 Å². The average Bonchev–Trinajstić information content (AvgIpc) is 3.34. The summed E-state index contributed by atoms with van der Waals surface area (Å²) in [6.07, 6.45) is 2.62. The number of ether oxygens (including phenoxy) is 1. The lowest BCUT2D eigenvalue weighted by Crippen LogP contribution is -2.60. The van der Waals surface area contributed by atoms with Crippen molar-refractivity contribution in [2.75, 3.05) is 39.9 Å². The molecule has 2 aromatic carbocycles. The molecule has 0 spiro atoms. The molecule has 2 amide bonds. The fourth-order valence-electron chi connectivity index (χ4n) is 5.97. The lowest BCUT2D eigenvalue weighted by atomic mass is 9.93. The molecular weight excluding hydrogens is 490 g/mol. The topological polar surface area (TPSA) is 96.0 Å². The summed E-state index contributed by atoms with van der Waals surface area (Å²) in [6, 6.07) is 14.5. The van der Waals surface area contributed by atoms with Gasteiger partial charge in [-0.15, -0.1) is 0 Å². The molecule has 5 rings (SSSR count). The molecule has 1 aliphatic carbocycles. The minimum absolute atomic E-state index is 0.00100. The highest BCUT2D eigenvalue weighted by Crippen LogP contribution is 2.32. The first-order valence-electron chi connectivity index (χ1n) is 13.0.